The average Bonchev–Trinajstić information content (AvgIpc) is 3.24. The Balaban J connectivity index is 1.46. The number of aromatic nitrogens is 1. The van der Waals surface area contributed by atoms with Gasteiger partial charge in [-0.1, -0.05) is 58.7 Å². The molecule has 182 valence electrons. The first-order valence-electron chi connectivity index (χ1n) is 9.80. The monoisotopic (exact) mass is 571 g/mol. The van der Waals surface area contributed by atoms with E-state index in [-0.39, 0.29) is 36.8 Å². The minimum atomic E-state index is -3.91. The van der Waals surface area contributed by atoms with Crippen LogP contribution in [0.4, 0.5) is 11.4 Å². The van der Waals surface area contributed by atoms with E-state index in [4.69, 9.17) is 44.0 Å². The number of para-hydroxylation sites is 2. The van der Waals surface area contributed by atoms with Crippen molar-refractivity contribution >= 4 is 85.0 Å². The van der Waals surface area contributed by atoms with Crippen LogP contribution >= 0.6 is 46.6 Å². The van der Waals surface area contributed by atoms with Crippen LogP contribution in [0.2, 0.25) is 15.1 Å². The Kier molecular flexibility index (Phi) is 7.67. The number of sulfonamides is 1. The van der Waals surface area contributed by atoms with Gasteiger partial charge in [-0.15, -0.1) is 0 Å². The number of methoxy groups -OCH3 is 1. The van der Waals surface area contributed by atoms with Gasteiger partial charge in [-0.2, -0.15) is 0 Å². The summed E-state index contributed by atoms with van der Waals surface area (Å²) in [5.41, 5.74) is 1.32. The van der Waals surface area contributed by atoms with E-state index in [0.717, 1.165) is 11.8 Å². The average molecular weight is 573 g/mol. The highest BCUT2D eigenvalue weighted by molar-refractivity contribution is 7.99. The van der Waals surface area contributed by atoms with E-state index in [1.54, 1.807) is 24.3 Å². The Morgan fingerprint density at radius 1 is 1.03 bits per heavy atom. The normalized spacial score (nSPS) is 11.4. The fourth-order valence-electron chi connectivity index (χ4n) is 2.98. The van der Waals surface area contributed by atoms with Gasteiger partial charge in [0, 0.05) is 0 Å². The third-order valence-corrected chi connectivity index (χ3v) is 7.84. The Bertz CT molecular complexity index is 1530. The number of oxazole rings is 1. The van der Waals surface area contributed by atoms with Gasteiger partial charge in [-0.25, -0.2) is 13.4 Å². The summed E-state index contributed by atoms with van der Waals surface area (Å²) in [5, 5.41) is 3.61. The van der Waals surface area contributed by atoms with E-state index in [2.05, 4.69) is 15.0 Å². The fourth-order valence-corrected chi connectivity index (χ4v) is 5.30. The van der Waals surface area contributed by atoms with Crippen LogP contribution in [-0.2, 0) is 14.8 Å². The molecular formula is C22H16Cl3N3O5S2. The number of carbonyl (C=O) groups is 1. The number of amides is 1. The molecule has 1 aromatic heterocycles. The zero-order valence-electron chi connectivity index (χ0n) is 17.8. The molecular weight excluding hydrogens is 557 g/mol. The lowest BCUT2D eigenvalue weighted by Gasteiger charge is -2.11. The van der Waals surface area contributed by atoms with Gasteiger partial charge in [0.05, 0.1) is 44.2 Å². The summed E-state index contributed by atoms with van der Waals surface area (Å²) < 4.78 is 39.1. The molecule has 0 fully saturated rings. The molecule has 0 spiro atoms. The molecule has 13 heteroatoms. The quantitative estimate of drug-likeness (QED) is 0.187. The van der Waals surface area contributed by atoms with Crippen LogP contribution < -0.4 is 14.8 Å². The number of benzene rings is 3. The second kappa shape index (κ2) is 10.5. The zero-order chi connectivity index (χ0) is 25.2. The van der Waals surface area contributed by atoms with Crippen molar-refractivity contribution in [3.8, 4) is 5.75 Å². The van der Waals surface area contributed by atoms with Crippen molar-refractivity contribution in [1.29, 1.82) is 0 Å². The second-order valence-corrected chi connectivity index (χ2v) is 10.8. The molecule has 0 aliphatic heterocycles. The largest absolute Gasteiger partial charge is 0.495 e. The highest BCUT2D eigenvalue weighted by atomic mass is 35.5. The molecule has 35 heavy (non-hydrogen) atoms. The number of thioether (sulfide) groups is 1. The Labute approximate surface area is 220 Å². The predicted molar refractivity (Wildman–Crippen MR) is 139 cm³/mol. The minimum Gasteiger partial charge on any atom is -0.495 e. The maximum absolute atomic E-state index is 12.9. The molecule has 1 heterocycles. The molecule has 0 radical (unpaired) electrons. The Morgan fingerprint density at radius 3 is 2.54 bits per heavy atom. The smallest absolute Gasteiger partial charge is 0.262 e. The van der Waals surface area contributed by atoms with E-state index < -0.39 is 10.0 Å². The van der Waals surface area contributed by atoms with E-state index in [1.807, 2.05) is 0 Å². The van der Waals surface area contributed by atoms with Crippen LogP contribution in [0, 0.1) is 0 Å². The van der Waals surface area contributed by atoms with Crippen LogP contribution in [0.25, 0.3) is 11.1 Å². The van der Waals surface area contributed by atoms with E-state index >= 15 is 0 Å². The predicted octanol–water partition coefficient (Wildman–Crippen LogP) is 6.33. The number of anilines is 2. The number of rotatable bonds is 8. The van der Waals surface area contributed by atoms with Crippen molar-refractivity contribution in [2.24, 2.45) is 0 Å². The maximum atomic E-state index is 12.9. The molecule has 3 aromatic carbocycles. The van der Waals surface area contributed by atoms with Crippen molar-refractivity contribution in [3.63, 3.8) is 0 Å². The van der Waals surface area contributed by atoms with Crippen molar-refractivity contribution in [1.82, 2.24) is 4.98 Å². The van der Waals surface area contributed by atoms with Crippen molar-refractivity contribution in [2.45, 2.75) is 10.1 Å². The van der Waals surface area contributed by atoms with Crippen LogP contribution in [0.5, 0.6) is 5.75 Å². The molecule has 4 rings (SSSR count). The van der Waals surface area contributed by atoms with Crippen LogP contribution in [0.1, 0.15) is 0 Å². The Hall–Kier alpha value is -2.63. The van der Waals surface area contributed by atoms with E-state index in [1.165, 1.54) is 37.4 Å². The minimum absolute atomic E-state index is 0.00671. The summed E-state index contributed by atoms with van der Waals surface area (Å²) in [6.07, 6.45) is 0. The summed E-state index contributed by atoms with van der Waals surface area (Å²) in [4.78, 5) is 16.6. The number of hydrogen-bond donors (Lipinski definition) is 2. The van der Waals surface area contributed by atoms with Gasteiger partial charge in [0.15, 0.2) is 5.58 Å². The number of ether oxygens (including phenoxy) is 1. The van der Waals surface area contributed by atoms with Gasteiger partial charge in [0.25, 0.3) is 15.2 Å². The number of halogens is 3. The van der Waals surface area contributed by atoms with Crippen LogP contribution in [0.15, 0.2) is 69.1 Å². The molecule has 2 N–H and O–H groups in total. The maximum Gasteiger partial charge on any atom is 0.262 e. The lowest BCUT2D eigenvalue weighted by molar-refractivity contribution is -0.113. The summed E-state index contributed by atoms with van der Waals surface area (Å²) in [6, 6.07) is 13.8. The molecule has 0 saturated heterocycles. The number of nitrogens with zero attached hydrogens (tertiary/aromatic N) is 1. The van der Waals surface area contributed by atoms with Gasteiger partial charge >= 0.3 is 0 Å². The molecule has 0 unspecified atom stereocenters. The fraction of sp³-hybridized carbons (Fsp3) is 0.0909. The van der Waals surface area contributed by atoms with Crippen molar-refractivity contribution in [2.75, 3.05) is 22.9 Å². The molecule has 4 aromatic rings. The molecule has 8 nitrogen and oxygen atoms in total. The van der Waals surface area contributed by atoms with Crippen molar-refractivity contribution in [3.05, 3.63) is 69.7 Å². The summed E-state index contributed by atoms with van der Waals surface area (Å²) in [5.74, 6) is -0.0243. The summed E-state index contributed by atoms with van der Waals surface area (Å²) in [7, 11) is -2.46. The number of hydrogen-bond acceptors (Lipinski definition) is 7. The van der Waals surface area contributed by atoms with Crippen LogP contribution in [-0.4, -0.2) is 32.2 Å². The van der Waals surface area contributed by atoms with E-state index in [0.29, 0.717) is 28.2 Å². The third-order valence-electron chi connectivity index (χ3n) is 4.61. The number of fused-ring (bicyclic) bond motifs is 1. The zero-order valence-corrected chi connectivity index (χ0v) is 21.7. The lowest BCUT2D eigenvalue weighted by Crippen LogP contribution is -2.14. The molecule has 0 bridgehead atoms. The van der Waals surface area contributed by atoms with Gasteiger partial charge in [-0.05, 0) is 42.5 Å². The molecule has 0 aliphatic carbocycles. The third kappa shape index (κ3) is 5.96. The SMILES string of the molecule is COc1ccccc1NS(=O)(=O)c1ccc2oc(SCC(=O)Nc3cc(Cl)c(Cl)cc3Cl)nc2c1. The van der Waals surface area contributed by atoms with Gasteiger partial charge in [0.1, 0.15) is 11.3 Å². The van der Waals surface area contributed by atoms with Gasteiger partial charge in [0.2, 0.25) is 5.91 Å². The van der Waals surface area contributed by atoms with Gasteiger partial charge < -0.3 is 14.5 Å². The molecule has 0 saturated carbocycles. The Morgan fingerprint density at radius 2 is 1.77 bits per heavy atom. The highest BCUT2D eigenvalue weighted by Crippen LogP contribution is 2.33. The summed E-state index contributed by atoms with van der Waals surface area (Å²) >= 11 is 19.0. The second-order valence-electron chi connectivity index (χ2n) is 7.00. The first-order chi connectivity index (χ1) is 16.7. The first-order valence-corrected chi connectivity index (χ1v) is 13.4. The number of carbonyl (C=O) groups excluding carboxylic acids is 1. The van der Waals surface area contributed by atoms with Crippen LogP contribution in [0.3, 0.4) is 0 Å². The summed E-state index contributed by atoms with van der Waals surface area (Å²) in [6.45, 7) is 0. The van der Waals surface area contributed by atoms with Crippen molar-refractivity contribution < 1.29 is 22.4 Å². The molecule has 0 aliphatic rings. The highest BCUT2D eigenvalue weighted by Gasteiger charge is 2.19. The standard InChI is InChI=1S/C22H16Cl3N3O5S2/c1-32-19-5-3-2-4-16(19)28-35(30,31)12-6-7-20-18(8-12)27-22(33-20)34-11-21(29)26-17-10-14(24)13(23)9-15(17)25/h2-10,28H,11H2,1H3,(H,26,29). The topological polar surface area (TPSA) is 111 Å². The first kappa shape index (κ1) is 25.5. The van der Waals surface area contributed by atoms with Gasteiger partial charge in [-0.3, -0.25) is 9.52 Å². The number of nitrogens with one attached hydrogen (secondary N) is 2. The lowest BCUT2D eigenvalue weighted by atomic mass is 10.3. The molecule has 0 atom stereocenters. The van der Waals surface area contributed by atoms with E-state index in [9.17, 15) is 13.2 Å². The molecule has 1 amide bonds.